The molecule has 0 aromatic carbocycles. The molecule has 4 nitrogen and oxygen atoms in total. The first kappa shape index (κ1) is 13.8. The second kappa shape index (κ2) is 6.04. The van der Waals surface area contributed by atoms with Crippen LogP contribution >= 0.6 is 0 Å². The molecule has 0 fully saturated rings. The van der Waals surface area contributed by atoms with Crippen molar-refractivity contribution in [3.63, 3.8) is 0 Å². The molecule has 0 bridgehead atoms. The first-order chi connectivity index (χ1) is 9.13. The molecule has 0 aliphatic rings. The van der Waals surface area contributed by atoms with Crippen LogP contribution in [0.3, 0.4) is 0 Å². The fourth-order valence-electron chi connectivity index (χ4n) is 2.52. The lowest BCUT2D eigenvalue weighted by Crippen LogP contribution is -2.09. The number of rotatable bonds is 6. The van der Waals surface area contributed by atoms with Gasteiger partial charge < -0.3 is 5.73 Å². The zero-order valence-electron chi connectivity index (χ0n) is 12.2. The van der Waals surface area contributed by atoms with Gasteiger partial charge in [-0.15, -0.1) is 0 Å². The molecule has 104 valence electrons. The van der Waals surface area contributed by atoms with Crippen molar-refractivity contribution in [3.8, 4) is 0 Å². The Morgan fingerprint density at radius 3 is 2.74 bits per heavy atom. The summed E-state index contributed by atoms with van der Waals surface area (Å²) in [6.07, 6.45) is 6.24. The van der Waals surface area contributed by atoms with Crippen molar-refractivity contribution in [2.45, 2.75) is 58.9 Å². The summed E-state index contributed by atoms with van der Waals surface area (Å²) < 4.78 is 2.08. The second-order valence-electron chi connectivity index (χ2n) is 5.33. The maximum Gasteiger partial charge on any atom is 0.202 e. The van der Waals surface area contributed by atoms with E-state index in [1.165, 1.54) is 25.7 Å². The van der Waals surface area contributed by atoms with Gasteiger partial charge in [-0.3, -0.25) is 4.57 Å². The van der Waals surface area contributed by atoms with Crippen molar-refractivity contribution in [2.24, 2.45) is 0 Å². The lowest BCUT2D eigenvalue weighted by Gasteiger charge is -2.15. The fraction of sp³-hybridized carbons (Fsp3) is 0.600. The Hall–Kier alpha value is -1.58. The van der Waals surface area contributed by atoms with Crippen LogP contribution in [0.5, 0.6) is 0 Å². The SMILES string of the molecule is CCCCCCC(C)n1c(N)nc2ccc(C)nc21. The third-order valence-electron chi connectivity index (χ3n) is 3.62. The number of aryl methyl sites for hydroxylation is 1. The van der Waals surface area contributed by atoms with Crippen molar-refractivity contribution in [1.82, 2.24) is 14.5 Å². The Balaban J connectivity index is 2.18. The third kappa shape index (κ3) is 3.06. The van der Waals surface area contributed by atoms with E-state index in [2.05, 4.69) is 28.4 Å². The molecule has 19 heavy (non-hydrogen) atoms. The normalized spacial score (nSPS) is 13.0. The number of imidazole rings is 1. The molecule has 0 radical (unpaired) electrons. The molecule has 4 heteroatoms. The van der Waals surface area contributed by atoms with E-state index < -0.39 is 0 Å². The highest BCUT2D eigenvalue weighted by Gasteiger charge is 2.14. The van der Waals surface area contributed by atoms with Gasteiger partial charge in [0.2, 0.25) is 5.95 Å². The maximum atomic E-state index is 6.05. The quantitative estimate of drug-likeness (QED) is 0.802. The topological polar surface area (TPSA) is 56.7 Å². The van der Waals surface area contributed by atoms with Crippen LogP contribution in [0, 0.1) is 6.92 Å². The molecule has 2 N–H and O–H groups in total. The number of nitrogen functional groups attached to an aromatic ring is 1. The molecule has 1 unspecified atom stereocenters. The zero-order valence-corrected chi connectivity index (χ0v) is 12.2. The van der Waals surface area contributed by atoms with Crippen molar-refractivity contribution in [1.29, 1.82) is 0 Å². The van der Waals surface area contributed by atoms with E-state index in [0.717, 1.165) is 23.3 Å². The summed E-state index contributed by atoms with van der Waals surface area (Å²) in [6.45, 7) is 6.43. The lowest BCUT2D eigenvalue weighted by molar-refractivity contribution is 0.484. The predicted molar refractivity (Wildman–Crippen MR) is 80.1 cm³/mol. The summed E-state index contributed by atoms with van der Waals surface area (Å²) in [5.41, 5.74) is 8.86. The number of fused-ring (bicyclic) bond motifs is 1. The van der Waals surface area contributed by atoms with Gasteiger partial charge in [0.05, 0.1) is 0 Å². The van der Waals surface area contributed by atoms with Gasteiger partial charge in [0.25, 0.3) is 0 Å². The minimum absolute atomic E-state index is 0.358. The summed E-state index contributed by atoms with van der Waals surface area (Å²) in [5, 5.41) is 0. The standard InChI is InChI=1S/C15H24N4/c1-4-5-6-7-8-12(3)19-14-13(18-15(19)16)10-9-11(2)17-14/h9-10,12H,4-8H2,1-3H3,(H2,16,18). The summed E-state index contributed by atoms with van der Waals surface area (Å²) in [7, 11) is 0. The molecule has 0 amide bonds. The van der Waals surface area contributed by atoms with Gasteiger partial charge in [-0.2, -0.15) is 0 Å². The Kier molecular flexibility index (Phi) is 4.40. The fourth-order valence-corrected chi connectivity index (χ4v) is 2.52. The number of anilines is 1. The summed E-state index contributed by atoms with van der Waals surface area (Å²) >= 11 is 0. The maximum absolute atomic E-state index is 6.05. The average Bonchev–Trinajstić information content (AvgIpc) is 2.70. The van der Waals surface area contributed by atoms with Crippen molar-refractivity contribution >= 4 is 17.1 Å². The molecule has 0 saturated heterocycles. The molecule has 0 spiro atoms. The van der Waals surface area contributed by atoms with Crippen LogP contribution in [0.2, 0.25) is 0 Å². The number of unbranched alkanes of at least 4 members (excludes halogenated alkanes) is 3. The predicted octanol–water partition coefficient (Wildman–Crippen LogP) is 3.85. The van der Waals surface area contributed by atoms with E-state index >= 15 is 0 Å². The largest absolute Gasteiger partial charge is 0.369 e. The Morgan fingerprint density at radius 2 is 2.00 bits per heavy atom. The molecule has 0 saturated carbocycles. The van der Waals surface area contributed by atoms with Gasteiger partial charge in [0.15, 0.2) is 5.65 Å². The Morgan fingerprint density at radius 1 is 1.21 bits per heavy atom. The molecule has 0 aliphatic heterocycles. The van der Waals surface area contributed by atoms with Crippen molar-refractivity contribution in [2.75, 3.05) is 5.73 Å². The minimum atomic E-state index is 0.358. The average molecular weight is 260 g/mol. The highest BCUT2D eigenvalue weighted by molar-refractivity contribution is 5.74. The first-order valence-electron chi connectivity index (χ1n) is 7.24. The highest BCUT2D eigenvalue weighted by atomic mass is 15.2. The number of hydrogen-bond donors (Lipinski definition) is 1. The summed E-state index contributed by atoms with van der Waals surface area (Å²) in [4.78, 5) is 8.98. The van der Waals surface area contributed by atoms with Gasteiger partial charge in [-0.1, -0.05) is 32.6 Å². The van der Waals surface area contributed by atoms with E-state index in [1.807, 2.05) is 19.1 Å². The van der Waals surface area contributed by atoms with E-state index in [9.17, 15) is 0 Å². The van der Waals surface area contributed by atoms with Gasteiger partial charge >= 0.3 is 0 Å². The van der Waals surface area contributed by atoms with Crippen LogP contribution < -0.4 is 5.73 Å². The summed E-state index contributed by atoms with van der Waals surface area (Å²) in [5.74, 6) is 0.580. The number of pyridine rings is 1. The third-order valence-corrected chi connectivity index (χ3v) is 3.62. The summed E-state index contributed by atoms with van der Waals surface area (Å²) in [6, 6.07) is 4.33. The van der Waals surface area contributed by atoms with E-state index in [-0.39, 0.29) is 0 Å². The minimum Gasteiger partial charge on any atom is -0.369 e. The molecular formula is C15H24N4. The van der Waals surface area contributed by atoms with Crippen molar-refractivity contribution in [3.05, 3.63) is 17.8 Å². The number of hydrogen-bond acceptors (Lipinski definition) is 3. The van der Waals surface area contributed by atoms with Crippen LogP contribution in [-0.2, 0) is 0 Å². The molecule has 2 aromatic rings. The van der Waals surface area contributed by atoms with E-state index in [4.69, 9.17) is 5.73 Å². The van der Waals surface area contributed by atoms with Gasteiger partial charge in [-0.05, 0) is 32.4 Å². The van der Waals surface area contributed by atoms with Crippen molar-refractivity contribution < 1.29 is 0 Å². The van der Waals surface area contributed by atoms with Gasteiger partial charge in [0.1, 0.15) is 5.52 Å². The number of aromatic nitrogens is 3. The monoisotopic (exact) mass is 260 g/mol. The number of nitrogens with zero attached hydrogens (tertiary/aromatic N) is 3. The van der Waals surface area contributed by atoms with Crippen LogP contribution in [-0.4, -0.2) is 14.5 Å². The Bertz CT molecular complexity index is 544. The number of nitrogens with two attached hydrogens (primary N) is 1. The van der Waals surface area contributed by atoms with Crippen LogP contribution in [0.25, 0.3) is 11.2 Å². The van der Waals surface area contributed by atoms with Crippen LogP contribution in [0.15, 0.2) is 12.1 Å². The molecule has 2 aromatic heterocycles. The van der Waals surface area contributed by atoms with E-state index in [1.54, 1.807) is 0 Å². The van der Waals surface area contributed by atoms with Gasteiger partial charge in [-0.25, -0.2) is 9.97 Å². The van der Waals surface area contributed by atoms with E-state index in [0.29, 0.717) is 12.0 Å². The van der Waals surface area contributed by atoms with Crippen LogP contribution in [0.1, 0.15) is 57.7 Å². The highest BCUT2D eigenvalue weighted by Crippen LogP contribution is 2.25. The van der Waals surface area contributed by atoms with Crippen LogP contribution in [0.4, 0.5) is 5.95 Å². The molecule has 1 atom stereocenters. The first-order valence-corrected chi connectivity index (χ1v) is 7.24. The molecule has 0 aliphatic carbocycles. The second-order valence-corrected chi connectivity index (χ2v) is 5.33. The molecule has 2 rings (SSSR count). The molecular weight excluding hydrogens is 236 g/mol. The Labute approximate surface area is 115 Å². The smallest absolute Gasteiger partial charge is 0.202 e. The zero-order chi connectivity index (χ0) is 13.8. The van der Waals surface area contributed by atoms with Gasteiger partial charge in [0, 0.05) is 11.7 Å². The molecule has 2 heterocycles. The lowest BCUT2D eigenvalue weighted by atomic mass is 10.1.